The number of likely N-dealkylation sites (tertiary alicyclic amines) is 1. The van der Waals surface area contributed by atoms with E-state index in [1.54, 1.807) is 0 Å². The van der Waals surface area contributed by atoms with Gasteiger partial charge in [-0.1, -0.05) is 32.0 Å². The molecule has 26 heavy (non-hydrogen) atoms. The van der Waals surface area contributed by atoms with Gasteiger partial charge in [-0.3, -0.25) is 10.2 Å². The molecular formula is C22H31N3O. The van der Waals surface area contributed by atoms with Crippen molar-refractivity contribution >= 4 is 17.3 Å². The molecule has 4 nitrogen and oxygen atoms in total. The molecular weight excluding hydrogens is 322 g/mol. The van der Waals surface area contributed by atoms with E-state index in [0.29, 0.717) is 0 Å². The summed E-state index contributed by atoms with van der Waals surface area (Å²) in [6.07, 6.45) is 7.47. The summed E-state index contributed by atoms with van der Waals surface area (Å²) >= 11 is 0. The zero-order valence-electron chi connectivity index (χ0n) is 16.1. The summed E-state index contributed by atoms with van der Waals surface area (Å²) in [5.74, 6) is 1.62. The molecule has 0 bridgehead atoms. The molecule has 2 fully saturated rings. The van der Waals surface area contributed by atoms with Crippen LogP contribution in [0.5, 0.6) is 0 Å². The van der Waals surface area contributed by atoms with Crippen molar-refractivity contribution in [3.63, 3.8) is 0 Å². The second kappa shape index (κ2) is 7.15. The van der Waals surface area contributed by atoms with Gasteiger partial charge in [0.2, 0.25) is 0 Å². The van der Waals surface area contributed by atoms with Crippen molar-refractivity contribution in [2.75, 3.05) is 18.0 Å². The minimum atomic E-state index is -0.109. The van der Waals surface area contributed by atoms with Gasteiger partial charge >= 0.3 is 0 Å². The summed E-state index contributed by atoms with van der Waals surface area (Å²) in [7, 11) is 0. The highest BCUT2D eigenvalue weighted by atomic mass is 16.2. The number of piperidine rings is 1. The average molecular weight is 354 g/mol. The lowest BCUT2D eigenvalue weighted by Gasteiger charge is -2.43. The van der Waals surface area contributed by atoms with Gasteiger partial charge in [0.15, 0.2) is 0 Å². The second-order valence-corrected chi connectivity index (χ2v) is 8.65. The van der Waals surface area contributed by atoms with E-state index in [0.717, 1.165) is 55.1 Å². The summed E-state index contributed by atoms with van der Waals surface area (Å²) in [5, 5.41) is 8.14. The molecule has 0 atom stereocenters. The number of benzene rings is 1. The first kappa shape index (κ1) is 17.7. The highest BCUT2D eigenvalue weighted by Gasteiger charge is 2.39. The Morgan fingerprint density at radius 3 is 2.27 bits per heavy atom. The van der Waals surface area contributed by atoms with Gasteiger partial charge in [-0.05, 0) is 56.4 Å². The van der Waals surface area contributed by atoms with Crippen molar-refractivity contribution in [1.29, 1.82) is 5.41 Å². The van der Waals surface area contributed by atoms with Crippen molar-refractivity contribution in [1.82, 2.24) is 4.90 Å². The number of anilines is 1. The summed E-state index contributed by atoms with van der Waals surface area (Å²) in [5.41, 5.74) is 1.90. The minimum absolute atomic E-state index is 0.109. The van der Waals surface area contributed by atoms with Gasteiger partial charge in [-0.15, -0.1) is 0 Å². The van der Waals surface area contributed by atoms with Crippen LogP contribution in [0.25, 0.3) is 0 Å². The van der Waals surface area contributed by atoms with Gasteiger partial charge in [0.25, 0.3) is 5.91 Å². The third-order valence-corrected chi connectivity index (χ3v) is 6.93. The zero-order valence-corrected chi connectivity index (χ0v) is 16.1. The lowest BCUT2D eigenvalue weighted by atomic mass is 9.79. The summed E-state index contributed by atoms with van der Waals surface area (Å²) in [6.45, 7) is 6.89. The number of nitrogens with one attached hydrogen (secondary N) is 1. The second-order valence-electron chi connectivity index (χ2n) is 8.65. The molecule has 4 heteroatoms. The van der Waals surface area contributed by atoms with Crippen LogP contribution in [0.1, 0.15) is 57.9 Å². The number of carbonyl (C=O) groups excluding carboxylic acids is 1. The highest BCUT2D eigenvalue weighted by Crippen LogP contribution is 2.36. The van der Waals surface area contributed by atoms with Crippen LogP contribution in [0.3, 0.4) is 0 Å². The molecule has 0 aromatic heterocycles. The van der Waals surface area contributed by atoms with Crippen LogP contribution in [0.2, 0.25) is 0 Å². The molecule has 0 radical (unpaired) electrons. The summed E-state index contributed by atoms with van der Waals surface area (Å²) in [4.78, 5) is 17.2. The molecule has 2 aliphatic heterocycles. The molecule has 140 valence electrons. The Morgan fingerprint density at radius 1 is 0.962 bits per heavy atom. The number of carbonyl (C=O) groups is 1. The number of nitrogens with zero attached hydrogens (tertiary/aromatic N) is 2. The predicted octanol–water partition coefficient (Wildman–Crippen LogP) is 4.08. The summed E-state index contributed by atoms with van der Waals surface area (Å²) in [6, 6.07) is 8.77. The average Bonchev–Trinajstić information content (AvgIpc) is 2.93. The van der Waals surface area contributed by atoms with E-state index in [-0.39, 0.29) is 17.7 Å². The fraction of sp³-hybridized carbons (Fsp3) is 0.636. The van der Waals surface area contributed by atoms with Gasteiger partial charge in [-0.2, -0.15) is 0 Å². The normalized spacial score (nSPS) is 28.0. The Hall–Kier alpha value is -1.68. The minimum Gasteiger partial charge on any atom is -0.303 e. The Kier molecular flexibility index (Phi) is 4.87. The van der Waals surface area contributed by atoms with E-state index in [9.17, 15) is 4.79 Å². The van der Waals surface area contributed by atoms with E-state index >= 15 is 0 Å². The lowest BCUT2D eigenvalue weighted by Crippen LogP contribution is -2.50. The van der Waals surface area contributed by atoms with Crippen molar-refractivity contribution in [3.8, 4) is 0 Å². The van der Waals surface area contributed by atoms with Crippen LogP contribution >= 0.6 is 0 Å². The fourth-order valence-corrected chi connectivity index (χ4v) is 5.25. The Morgan fingerprint density at radius 2 is 1.62 bits per heavy atom. The molecule has 1 aromatic rings. The Labute approximate surface area is 157 Å². The van der Waals surface area contributed by atoms with Crippen molar-refractivity contribution in [2.45, 2.75) is 64.5 Å². The SMILES string of the molecule is CC(C)C1CCC(N2CCC(N3C(=O)C(=N)c4ccccc43)CC2)CC1. The lowest BCUT2D eigenvalue weighted by molar-refractivity contribution is -0.112. The van der Waals surface area contributed by atoms with Crippen LogP contribution in [0, 0.1) is 17.2 Å². The molecule has 4 rings (SSSR count). The quantitative estimate of drug-likeness (QED) is 0.890. The van der Waals surface area contributed by atoms with Crippen molar-refractivity contribution in [3.05, 3.63) is 29.8 Å². The van der Waals surface area contributed by atoms with Gasteiger partial charge in [0, 0.05) is 30.7 Å². The number of hydrogen-bond donors (Lipinski definition) is 1. The monoisotopic (exact) mass is 353 g/mol. The topological polar surface area (TPSA) is 47.4 Å². The van der Waals surface area contributed by atoms with E-state index in [1.165, 1.54) is 25.7 Å². The third kappa shape index (κ3) is 3.09. The molecule has 0 unspecified atom stereocenters. The summed E-state index contributed by atoms with van der Waals surface area (Å²) < 4.78 is 0. The molecule has 1 saturated heterocycles. The number of rotatable bonds is 3. The Bertz CT molecular complexity index is 682. The van der Waals surface area contributed by atoms with E-state index in [4.69, 9.17) is 5.41 Å². The van der Waals surface area contributed by atoms with Gasteiger partial charge < -0.3 is 9.80 Å². The van der Waals surface area contributed by atoms with Crippen molar-refractivity contribution < 1.29 is 4.79 Å². The highest BCUT2D eigenvalue weighted by molar-refractivity contribution is 6.53. The fourth-order valence-electron chi connectivity index (χ4n) is 5.25. The largest absolute Gasteiger partial charge is 0.303 e. The van der Waals surface area contributed by atoms with E-state index < -0.39 is 0 Å². The van der Waals surface area contributed by atoms with Crippen molar-refractivity contribution in [2.24, 2.45) is 11.8 Å². The van der Waals surface area contributed by atoms with Gasteiger partial charge in [-0.25, -0.2) is 0 Å². The molecule has 1 N–H and O–H groups in total. The molecule has 0 spiro atoms. The number of hydrogen-bond acceptors (Lipinski definition) is 3. The third-order valence-electron chi connectivity index (χ3n) is 6.93. The van der Waals surface area contributed by atoms with Crippen LogP contribution in [0.4, 0.5) is 5.69 Å². The van der Waals surface area contributed by atoms with Gasteiger partial charge in [0.1, 0.15) is 5.71 Å². The van der Waals surface area contributed by atoms with E-state index in [2.05, 4.69) is 18.7 Å². The van der Waals surface area contributed by atoms with E-state index in [1.807, 2.05) is 29.2 Å². The molecule has 1 saturated carbocycles. The molecule has 1 aliphatic carbocycles. The first-order chi connectivity index (χ1) is 12.6. The predicted molar refractivity (Wildman–Crippen MR) is 106 cm³/mol. The number of amides is 1. The maximum Gasteiger partial charge on any atom is 0.277 e. The van der Waals surface area contributed by atoms with Crippen LogP contribution < -0.4 is 4.90 Å². The number of para-hydroxylation sites is 1. The smallest absolute Gasteiger partial charge is 0.277 e. The Balaban J connectivity index is 1.37. The molecule has 1 amide bonds. The van der Waals surface area contributed by atoms with Gasteiger partial charge in [0.05, 0.1) is 5.69 Å². The first-order valence-electron chi connectivity index (χ1n) is 10.3. The molecule has 3 aliphatic rings. The first-order valence-corrected chi connectivity index (χ1v) is 10.3. The molecule has 2 heterocycles. The van der Waals surface area contributed by atoms with Crippen LogP contribution in [-0.4, -0.2) is 41.7 Å². The maximum absolute atomic E-state index is 12.6. The zero-order chi connectivity index (χ0) is 18.3. The maximum atomic E-state index is 12.6. The molecule has 1 aromatic carbocycles. The van der Waals surface area contributed by atoms with Crippen LogP contribution in [-0.2, 0) is 4.79 Å². The number of fused-ring (bicyclic) bond motifs is 1. The standard InChI is InChI=1S/C22H31N3O/c1-15(2)16-7-9-17(10-8-16)24-13-11-18(12-14-24)25-20-6-4-3-5-19(20)21(23)22(25)26/h3-6,15-18,23H,7-14H2,1-2H3. The van der Waals surface area contributed by atoms with Crippen LogP contribution in [0.15, 0.2) is 24.3 Å².